The van der Waals surface area contributed by atoms with E-state index in [-0.39, 0.29) is 0 Å². The van der Waals surface area contributed by atoms with Gasteiger partial charge in [-0.2, -0.15) is 4.98 Å². The third kappa shape index (κ3) is 2.26. The minimum Gasteiger partial charge on any atom is -0.351 e. The normalized spacial score (nSPS) is 10.0. The molecule has 0 aliphatic rings. The van der Waals surface area contributed by atoms with Crippen LogP contribution in [0.25, 0.3) is 11.4 Å². The number of anilines is 1. The molecule has 2 amide bonds. The first kappa shape index (κ1) is 10.4. The third-order valence-corrected chi connectivity index (χ3v) is 2.12. The van der Waals surface area contributed by atoms with Crippen LogP contribution < -0.4 is 11.1 Å². The highest BCUT2D eigenvalue weighted by molar-refractivity contribution is 7.71. The Labute approximate surface area is 95.9 Å². The lowest BCUT2D eigenvalue weighted by Crippen LogP contribution is -2.19. The van der Waals surface area contributed by atoms with E-state index in [2.05, 4.69) is 20.5 Å². The second-order valence-corrected chi connectivity index (χ2v) is 3.47. The monoisotopic (exact) mass is 235 g/mol. The topological polar surface area (TPSA) is 99.6 Å². The van der Waals surface area contributed by atoms with Crippen molar-refractivity contribution in [2.45, 2.75) is 0 Å². The predicted molar refractivity (Wildman–Crippen MR) is 62.4 cm³/mol. The molecule has 1 aromatic carbocycles. The van der Waals surface area contributed by atoms with E-state index < -0.39 is 6.03 Å². The zero-order valence-corrected chi connectivity index (χ0v) is 8.97. The molecule has 0 bridgehead atoms. The number of urea groups is 1. The SMILES string of the molecule is NC(=O)Nc1ccc(-c2nc(=S)[nH][nH]2)cc1. The fraction of sp³-hybridized carbons (Fsp3) is 0. The molecule has 0 atom stereocenters. The number of aromatic amines is 2. The molecule has 0 aliphatic heterocycles. The van der Waals surface area contributed by atoms with Crippen molar-refractivity contribution in [3.05, 3.63) is 29.0 Å². The first-order chi connectivity index (χ1) is 7.65. The number of nitrogens with one attached hydrogen (secondary N) is 3. The number of carbonyl (C=O) groups excluding carboxylic acids is 1. The van der Waals surface area contributed by atoms with Gasteiger partial charge in [-0.3, -0.25) is 10.2 Å². The van der Waals surface area contributed by atoms with Gasteiger partial charge in [0.15, 0.2) is 5.82 Å². The quantitative estimate of drug-likeness (QED) is 0.595. The van der Waals surface area contributed by atoms with Gasteiger partial charge in [0.25, 0.3) is 0 Å². The molecular weight excluding hydrogens is 226 g/mol. The van der Waals surface area contributed by atoms with Crippen molar-refractivity contribution in [3.63, 3.8) is 0 Å². The first-order valence-corrected chi connectivity index (χ1v) is 4.87. The van der Waals surface area contributed by atoms with Gasteiger partial charge >= 0.3 is 6.03 Å². The Morgan fingerprint density at radius 2 is 2.00 bits per heavy atom. The number of nitrogens with two attached hydrogens (primary N) is 1. The molecule has 16 heavy (non-hydrogen) atoms. The molecule has 2 rings (SSSR count). The Balaban J connectivity index is 2.25. The summed E-state index contributed by atoms with van der Waals surface area (Å²) in [6, 6.07) is 6.46. The number of amides is 2. The van der Waals surface area contributed by atoms with E-state index in [0.717, 1.165) is 5.56 Å². The molecule has 0 aliphatic carbocycles. The van der Waals surface area contributed by atoms with E-state index in [1.165, 1.54) is 0 Å². The van der Waals surface area contributed by atoms with Gasteiger partial charge in [0.1, 0.15) is 0 Å². The number of nitrogens with zero attached hydrogens (tertiary/aromatic N) is 1. The minimum atomic E-state index is -0.591. The summed E-state index contributed by atoms with van der Waals surface area (Å²) in [5.74, 6) is 0.649. The molecule has 2 aromatic rings. The van der Waals surface area contributed by atoms with Crippen LogP contribution in [0.5, 0.6) is 0 Å². The number of carbonyl (C=O) groups is 1. The summed E-state index contributed by atoms with van der Waals surface area (Å²) in [6.45, 7) is 0. The van der Waals surface area contributed by atoms with E-state index >= 15 is 0 Å². The van der Waals surface area contributed by atoms with Crippen LogP contribution in [0.4, 0.5) is 10.5 Å². The summed E-state index contributed by atoms with van der Waals surface area (Å²) >= 11 is 4.84. The highest BCUT2D eigenvalue weighted by Gasteiger charge is 2.01. The van der Waals surface area contributed by atoms with E-state index in [1.54, 1.807) is 24.3 Å². The molecule has 0 unspecified atom stereocenters. The lowest BCUT2D eigenvalue weighted by molar-refractivity contribution is 0.259. The Kier molecular flexibility index (Phi) is 2.69. The number of hydrogen-bond donors (Lipinski definition) is 4. The molecule has 0 saturated carbocycles. The van der Waals surface area contributed by atoms with E-state index in [4.69, 9.17) is 18.0 Å². The average molecular weight is 235 g/mol. The number of primary amides is 1. The van der Waals surface area contributed by atoms with Gasteiger partial charge in [-0.25, -0.2) is 4.79 Å². The van der Waals surface area contributed by atoms with Gasteiger partial charge in [-0.05, 0) is 36.5 Å². The van der Waals surface area contributed by atoms with Crippen molar-refractivity contribution in [3.8, 4) is 11.4 Å². The van der Waals surface area contributed by atoms with Crippen molar-refractivity contribution in [2.24, 2.45) is 5.73 Å². The number of H-pyrrole nitrogens is 2. The molecule has 0 saturated heterocycles. The maximum Gasteiger partial charge on any atom is 0.316 e. The molecule has 1 aromatic heterocycles. The molecule has 0 radical (unpaired) electrons. The Morgan fingerprint density at radius 3 is 2.50 bits per heavy atom. The summed E-state index contributed by atoms with van der Waals surface area (Å²) in [5.41, 5.74) is 6.48. The first-order valence-electron chi connectivity index (χ1n) is 4.47. The fourth-order valence-electron chi connectivity index (χ4n) is 1.26. The molecule has 82 valence electrons. The summed E-state index contributed by atoms with van der Waals surface area (Å²) in [6.07, 6.45) is 0. The molecule has 0 fully saturated rings. The second kappa shape index (κ2) is 4.15. The molecule has 6 nitrogen and oxygen atoms in total. The van der Waals surface area contributed by atoms with Crippen LogP contribution in [0.15, 0.2) is 24.3 Å². The molecule has 1 heterocycles. The van der Waals surface area contributed by atoms with E-state index in [9.17, 15) is 4.79 Å². The molecular formula is C9H9N5OS. The molecule has 5 N–H and O–H groups in total. The highest BCUT2D eigenvalue weighted by Crippen LogP contribution is 2.17. The van der Waals surface area contributed by atoms with Gasteiger partial charge < -0.3 is 11.1 Å². The summed E-state index contributed by atoms with van der Waals surface area (Å²) < 4.78 is 0.398. The van der Waals surface area contributed by atoms with Crippen molar-refractivity contribution in [1.29, 1.82) is 0 Å². The predicted octanol–water partition coefficient (Wildman–Crippen LogP) is 1.62. The van der Waals surface area contributed by atoms with Crippen LogP contribution in [-0.2, 0) is 0 Å². The largest absolute Gasteiger partial charge is 0.351 e. The fourth-order valence-corrected chi connectivity index (χ4v) is 1.40. The minimum absolute atomic E-state index is 0.398. The summed E-state index contributed by atoms with van der Waals surface area (Å²) in [7, 11) is 0. The van der Waals surface area contributed by atoms with Crippen LogP contribution in [0.2, 0.25) is 0 Å². The van der Waals surface area contributed by atoms with E-state index in [0.29, 0.717) is 16.3 Å². The van der Waals surface area contributed by atoms with Crippen LogP contribution in [0, 0.1) is 4.77 Å². The highest BCUT2D eigenvalue weighted by atomic mass is 32.1. The van der Waals surface area contributed by atoms with Gasteiger partial charge in [0, 0.05) is 11.3 Å². The van der Waals surface area contributed by atoms with Crippen molar-refractivity contribution in [2.75, 3.05) is 5.32 Å². The number of rotatable bonds is 2. The van der Waals surface area contributed by atoms with Crippen molar-refractivity contribution >= 4 is 23.9 Å². The van der Waals surface area contributed by atoms with Gasteiger partial charge in [0.05, 0.1) is 0 Å². The van der Waals surface area contributed by atoms with Crippen molar-refractivity contribution in [1.82, 2.24) is 15.2 Å². The second-order valence-electron chi connectivity index (χ2n) is 3.08. The zero-order valence-electron chi connectivity index (χ0n) is 8.15. The number of benzene rings is 1. The smallest absolute Gasteiger partial charge is 0.316 e. The van der Waals surface area contributed by atoms with E-state index in [1.807, 2.05) is 0 Å². The maximum absolute atomic E-state index is 10.6. The third-order valence-electron chi connectivity index (χ3n) is 1.93. The summed E-state index contributed by atoms with van der Waals surface area (Å²) in [5, 5.41) is 8.00. The van der Waals surface area contributed by atoms with Crippen LogP contribution in [0.1, 0.15) is 0 Å². The van der Waals surface area contributed by atoms with Gasteiger partial charge in [0.2, 0.25) is 4.77 Å². The van der Waals surface area contributed by atoms with Crippen LogP contribution in [-0.4, -0.2) is 21.2 Å². The molecule has 7 heteroatoms. The lowest BCUT2D eigenvalue weighted by Gasteiger charge is -2.01. The Hall–Kier alpha value is -2.15. The lowest BCUT2D eigenvalue weighted by atomic mass is 10.2. The van der Waals surface area contributed by atoms with Crippen molar-refractivity contribution < 1.29 is 4.79 Å². The Morgan fingerprint density at radius 1 is 1.31 bits per heavy atom. The molecule has 0 spiro atoms. The van der Waals surface area contributed by atoms with Crippen LogP contribution >= 0.6 is 12.2 Å². The maximum atomic E-state index is 10.6. The Bertz CT molecular complexity index is 556. The standard InChI is InChI=1S/C9H9N5OS/c10-8(15)11-6-3-1-5(2-4-6)7-12-9(16)14-13-7/h1-4H,(H3,10,11,15)(H2,12,13,14,16). The van der Waals surface area contributed by atoms with Gasteiger partial charge in [-0.15, -0.1) is 0 Å². The van der Waals surface area contributed by atoms with Gasteiger partial charge in [-0.1, -0.05) is 0 Å². The number of aromatic nitrogens is 3. The zero-order chi connectivity index (χ0) is 11.5. The van der Waals surface area contributed by atoms with Crippen LogP contribution in [0.3, 0.4) is 0 Å². The summed E-state index contributed by atoms with van der Waals surface area (Å²) in [4.78, 5) is 14.7. The average Bonchev–Trinajstić information content (AvgIpc) is 2.65. The number of hydrogen-bond acceptors (Lipinski definition) is 3.